The molecule has 0 saturated carbocycles. The monoisotopic (exact) mass is 350 g/mol. The number of hydrogen-bond donors (Lipinski definition) is 1. The number of hydrogen-bond acceptors (Lipinski definition) is 6. The lowest BCUT2D eigenvalue weighted by Gasteiger charge is -2.25. The average Bonchev–Trinajstić information content (AvgIpc) is 2.60. The highest BCUT2D eigenvalue weighted by Gasteiger charge is 2.26. The molecule has 0 radical (unpaired) electrons. The normalized spacial score (nSPS) is 12.6. The first-order valence-electron chi connectivity index (χ1n) is 8.52. The number of ether oxygens (including phenoxy) is 1. The van der Waals surface area contributed by atoms with E-state index >= 15 is 0 Å². The molecule has 0 amide bonds. The van der Waals surface area contributed by atoms with E-state index in [2.05, 4.69) is 20.3 Å². The van der Waals surface area contributed by atoms with Gasteiger partial charge in [0.1, 0.15) is 23.0 Å². The minimum Gasteiger partial charge on any atom is -0.458 e. The highest BCUT2D eigenvalue weighted by Crippen LogP contribution is 2.16. The van der Waals surface area contributed by atoms with Gasteiger partial charge in [0.2, 0.25) is 0 Å². The summed E-state index contributed by atoms with van der Waals surface area (Å²) < 4.78 is 5.57. The first-order valence-corrected chi connectivity index (χ1v) is 8.52. The number of benzene rings is 1. The highest BCUT2D eigenvalue weighted by atomic mass is 16.6. The van der Waals surface area contributed by atoms with Crippen LogP contribution in [0.25, 0.3) is 11.2 Å². The maximum absolute atomic E-state index is 12.7. The quantitative estimate of drug-likeness (QED) is 0.711. The molecule has 0 bridgehead atoms. The zero-order chi connectivity index (χ0) is 18.6. The van der Waals surface area contributed by atoms with Gasteiger partial charge >= 0.3 is 5.97 Å². The molecule has 0 fully saturated rings. The zero-order valence-electron chi connectivity index (χ0n) is 15.1. The van der Waals surface area contributed by atoms with Gasteiger partial charge in [-0.3, -0.25) is 4.98 Å². The SMILES string of the molecule is CC(C)(C)OC(=O)[C@H](Cc1ccccc1)Nc1ccc2nccnc2n1. The predicted molar refractivity (Wildman–Crippen MR) is 101 cm³/mol. The number of aromatic nitrogens is 3. The summed E-state index contributed by atoms with van der Waals surface area (Å²) in [7, 11) is 0. The van der Waals surface area contributed by atoms with Gasteiger partial charge in [-0.1, -0.05) is 30.3 Å². The maximum atomic E-state index is 12.7. The molecule has 1 N–H and O–H groups in total. The summed E-state index contributed by atoms with van der Waals surface area (Å²) in [5.41, 5.74) is 1.71. The first-order chi connectivity index (χ1) is 12.4. The Morgan fingerprint density at radius 2 is 1.81 bits per heavy atom. The Balaban J connectivity index is 1.84. The Hall–Kier alpha value is -3.02. The predicted octanol–water partition coefficient (Wildman–Crippen LogP) is 3.39. The molecular weight excluding hydrogens is 328 g/mol. The molecule has 0 aliphatic heterocycles. The molecule has 26 heavy (non-hydrogen) atoms. The molecule has 0 saturated heterocycles. The Bertz CT molecular complexity index is 891. The van der Waals surface area contributed by atoms with Crippen LogP contribution < -0.4 is 5.32 Å². The summed E-state index contributed by atoms with van der Waals surface area (Å²) in [5, 5.41) is 3.19. The van der Waals surface area contributed by atoms with Crippen molar-refractivity contribution in [1.82, 2.24) is 15.0 Å². The van der Waals surface area contributed by atoms with Gasteiger partial charge in [-0.05, 0) is 38.5 Å². The van der Waals surface area contributed by atoms with Crippen LogP contribution in [-0.2, 0) is 16.0 Å². The molecular formula is C20H22N4O2. The van der Waals surface area contributed by atoms with E-state index < -0.39 is 11.6 Å². The number of nitrogens with zero attached hydrogens (tertiary/aromatic N) is 3. The number of rotatable bonds is 5. The third kappa shape index (κ3) is 4.75. The van der Waals surface area contributed by atoms with Gasteiger partial charge in [0.25, 0.3) is 0 Å². The van der Waals surface area contributed by atoms with Gasteiger partial charge in [0.15, 0.2) is 5.65 Å². The van der Waals surface area contributed by atoms with E-state index in [4.69, 9.17) is 4.74 Å². The second kappa shape index (κ2) is 7.47. The fourth-order valence-corrected chi connectivity index (χ4v) is 2.53. The van der Waals surface area contributed by atoms with Gasteiger partial charge in [-0.2, -0.15) is 0 Å². The van der Waals surface area contributed by atoms with Crippen LogP contribution in [0.3, 0.4) is 0 Å². The number of carbonyl (C=O) groups is 1. The zero-order valence-corrected chi connectivity index (χ0v) is 15.1. The minimum absolute atomic E-state index is 0.317. The molecule has 6 nitrogen and oxygen atoms in total. The van der Waals surface area contributed by atoms with Gasteiger partial charge in [-0.15, -0.1) is 0 Å². The summed E-state index contributed by atoms with van der Waals surface area (Å²) in [6.07, 6.45) is 3.71. The van der Waals surface area contributed by atoms with Crippen molar-refractivity contribution in [2.24, 2.45) is 0 Å². The number of fused-ring (bicyclic) bond motifs is 1. The fraction of sp³-hybridized carbons (Fsp3) is 0.300. The molecule has 3 aromatic rings. The van der Waals surface area contributed by atoms with Crippen LogP contribution in [0.4, 0.5) is 5.82 Å². The maximum Gasteiger partial charge on any atom is 0.329 e. The van der Waals surface area contributed by atoms with E-state index in [1.165, 1.54) is 0 Å². The van der Waals surface area contributed by atoms with E-state index in [0.717, 1.165) is 5.56 Å². The second-order valence-electron chi connectivity index (χ2n) is 7.02. The summed E-state index contributed by atoms with van der Waals surface area (Å²) in [6.45, 7) is 5.57. The largest absolute Gasteiger partial charge is 0.458 e. The molecule has 2 heterocycles. The van der Waals surface area contributed by atoms with Crippen molar-refractivity contribution >= 4 is 23.0 Å². The number of pyridine rings is 1. The lowest BCUT2D eigenvalue weighted by atomic mass is 10.1. The van der Waals surface area contributed by atoms with Gasteiger partial charge < -0.3 is 10.1 Å². The Kier molecular flexibility index (Phi) is 5.11. The van der Waals surface area contributed by atoms with Crippen molar-refractivity contribution in [1.29, 1.82) is 0 Å². The molecule has 2 aromatic heterocycles. The van der Waals surface area contributed by atoms with E-state index in [-0.39, 0.29) is 5.97 Å². The van der Waals surface area contributed by atoms with Crippen LogP contribution >= 0.6 is 0 Å². The first kappa shape index (κ1) is 17.8. The fourth-order valence-electron chi connectivity index (χ4n) is 2.53. The Morgan fingerprint density at radius 1 is 1.08 bits per heavy atom. The molecule has 3 rings (SSSR count). The summed E-state index contributed by atoms with van der Waals surface area (Å²) in [5.74, 6) is 0.243. The van der Waals surface area contributed by atoms with Crippen molar-refractivity contribution in [2.45, 2.75) is 38.8 Å². The summed E-state index contributed by atoms with van der Waals surface area (Å²) in [6, 6.07) is 12.9. The standard InChI is InChI=1S/C20H22N4O2/c1-20(2,3)26-19(25)16(13-14-7-5-4-6-8-14)23-17-10-9-15-18(24-17)22-12-11-21-15/h4-12,16H,13H2,1-3H3,(H,22,23,24)/t16-/m0/s1. The molecule has 6 heteroatoms. The molecule has 134 valence electrons. The van der Waals surface area contributed by atoms with E-state index in [1.807, 2.05) is 57.2 Å². The van der Waals surface area contributed by atoms with Gasteiger partial charge in [0, 0.05) is 18.8 Å². The minimum atomic E-state index is -0.560. The van der Waals surface area contributed by atoms with E-state index in [9.17, 15) is 4.79 Å². The lowest BCUT2D eigenvalue weighted by Crippen LogP contribution is -2.38. The smallest absolute Gasteiger partial charge is 0.329 e. The average molecular weight is 350 g/mol. The van der Waals surface area contributed by atoms with Crippen LogP contribution in [0.2, 0.25) is 0 Å². The van der Waals surface area contributed by atoms with Crippen molar-refractivity contribution in [3.63, 3.8) is 0 Å². The molecule has 1 aromatic carbocycles. The Morgan fingerprint density at radius 3 is 2.54 bits per heavy atom. The second-order valence-corrected chi connectivity index (χ2v) is 7.02. The number of esters is 1. The third-order valence-electron chi connectivity index (χ3n) is 3.63. The van der Waals surface area contributed by atoms with Crippen molar-refractivity contribution < 1.29 is 9.53 Å². The molecule has 0 spiro atoms. The molecule has 1 atom stereocenters. The summed E-state index contributed by atoms with van der Waals surface area (Å²) in [4.78, 5) is 25.5. The molecule has 0 aliphatic rings. The third-order valence-corrected chi connectivity index (χ3v) is 3.63. The van der Waals surface area contributed by atoms with Crippen molar-refractivity contribution in [3.8, 4) is 0 Å². The van der Waals surface area contributed by atoms with Crippen LogP contribution in [0.5, 0.6) is 0 Å². The van der Waals surface area contributed by atoms with Crippen LogP contribution in [-0.4, -0.2) is 32.6 Å². The number of carbonyl (C=O) groups excluding carboxylic acids is 1. The molecule has 0 aliphatic carbocycles. The summed E-state index contributed by atoms with van der Waals surface area (Å²) >= 11 is 0. The van der Waals surface area contributed by atoms with E-state index in [1.54, 1.807) is 18.5 Å². The van der Waals surface area contributed by atoms with E-state index in [0.29, 0.717) is 23.4 Å². The lowest BCUT2D eigenvalue weighted by molar-refractivity contribution is -0.155. The number of nitrogens with one attached hydrogen (secondary N) is 1. The topological polar surface area (TPSA) is 77.0 Å². The Labute approximate surface area is 152 Å². The number of anilines is 1. The highest BCUT2D eigenvalue weighted by molar-refractivity contribution is 5.80. The van der Waals surface area contributed by atoms with Crippen molar-refractivity contribution in [3.05, 3.63) is 60.4 Å². The van der Waals surface area contributed by atoms with Gasteiger partial charge in [0.05, 0.1) is 0 Å². The van der Waals surface area contributed by atoms with Gasteiger partial charge in [-0.25, -0.2) is 14.8 Å². The van der Waals surface area contributed by atoms with Crippen LogP contribution in [0.1, 0.15) is 26.3 Å². The van der Waals surface area contributed by atoms with Crippen molar-refractivity contribution in [2.75, 3.05) is 5.32 Å². The molecule has 0 unspecified atom stereocenters. The van der Waals surface area contributed by atoms with Crippen LogP contribution in [0, 0.1) is 0 Å². The van der Waals surface area contributed by atoms with Crippen LogP contribution in [0.15, 0.2) is 54.9 Å².